The van der Waals surface area contributed by atoms with E-state index in [0.29, 0.717) is 17.9 Å². The Morgan fingerprint density at radius 2 is 2.14 bits per heavy atom. The normalized spacial score (nSPS) is 28.2. The molecule has 1 amide bonds. The lowest BCUT2D eigenvalue weighted by Crippen LogP contribution is -2.31. The number of carbonyl (C=O) groups excluding carboxylic acids is 1. The molecule has 1 saturated heterocycles. The summed E-state index contributed by atoms with van der Waals surface area (Å²) in [6.45, 7) is 2.02. The minimum absolute atomic E-state index is 0.176. The van der Waals surface area contributed by atoms with E-state index in [1.165, 1.54) is 19.3 Å². The summed E-state index contributed by atoms with van der Waals surface area (Å²) in [4.78, 5) is 14.1. The van der Waals surface area contributed by atoms with Gasteiger partial charge >= 0.3 is 6.09 Å². The van der Waals surface area contributed by atoms with Gasteiger partial charge in [0.1, 0.15) is 6.61 Å². The molecular formula is C17H22ClNO2. The molecule has 21 heavy (non-hydrogen) atoms. The Labute approximate surface area is 131 Å². The van der Waals surface area contributed by atoms with E-state index < -0.39 is 0 Å². The molecule has 2 atom stereocenters. The van der Waals surface area contributed by atoms with E-state index in [1.54, 1.807) is 0 Å². The summed E-state index contributed by atoms with van der Waals surface area (Å²) in [5, 5.41) is 0. The number of halogens is 1. The summed E-state index contributed by atoms with van der Waals surface area (Å²) >= 11 is 5.98. The second-order valence-corrected chi connectivity index (χ2v) is 6.78. The van der Waals surface area contributed by atoms with Gasteiger partial charge in [0.05, 0.1) is 0 Å². The van der Waals surface area contributed by atoms with Crippen LogP contribution in [0.1, 0.15) is 31.2 Å². The molecule has 0 radical (unpaired) electrons. The van der Waals surface area contributed by atoms with Gasteiger partial charge in [-0.1, -0.05) is 30.3 Å². The summed E-state index contributed by atoms with van der Waals surface area (Å²) in [5.41, 5.74) is 1.34. The van der Waals surface area contributed by atoms with Crippen molar-refractivity contribution >= 4 is 17.7 Å². The van der Waals surface area contributed by atoms with Gasteiger partial charge in [0.25, 0.3) is 0 Å². The molecule has 2 aliphatic rings. The maximum Gasteiger partial charge on any atom is 0.410 e. The first kappa shape index (κ1) is 14.7. The van der Waals surface area contributed by atoms with E-state index in [0.717, 1.165) is 31.0 Å². The van der Waals surface area contributed by atoms with Gasteiger partial charge in [-0.25, -0.2) is 4.79 Å². The highest BCUT2D eigenvalue weighted by molar-refractivity contribution is 6.18. The van der Waals surface area contributed by atoms with Gasteiger partial charge in [-0.3, -0.25) is 0 Å². The largest absolute Gasteiger partial charge is 0.445 e. The van der Waals surface area contributed by atoms with Gasteiger partial charge < -0.3 is 9.64 Å². The van der Waals surface area contributed by atoms with Gasteiger partial charge in [-0.2, -0.15) is 0 Å². The van der Waals surface area contributed by atoms with Crippen LogP contribution in [0.4, 0.5) is 4.79 Å². The Morgan fingerprint density at radius 3 is 2.86 bits per heavy atom. The maximum absolute atomic E-state index is 12.2. The van der Waals surface area contributed by atoms with E-state index in [4.69, 9.17) is 16.3 Å². The number of nitrogens with zero attached hydrogens (tertiary/aromatic N) is 1. The van der Waals surface area contributed by atoms with Crippen LogP contribution in [0, 0.1) is 11.3 Å². The predicted octanol–water partition coefficient (Wildman–Crippen LogP) is 4.05. The quantitative estimate of drug-likeness (QED) is 0.788. The number of hydrogen-bond acceptors (Lipinski definition) is 2. The minimum atomic E-state index is -0.176. The number of amides is 1. The summed E-state index contributed by atoms with van der Waals surface area (Å²) in [6.07, 6.45) is 4.49. The maximum atomic E-state index is 12.2. The molecule has 1 aromatic rings. The fraction of sp³-hybridized carbons (Fsp3) is 0.588. The molecule has 1 aromatic carbocycles. The van der Waals surface area contributed by atoms with Crippen LogP contribution < -0.4 is 0 Å². The molecule has 0 N–H and O–H groups in total. The molecule has 114 valence electrons. The van der Waals surface area contributed by atoms with Crippen molar-refractivity contribution in [3.8, 4) is 0 Å². The third kappa shape index (κ3) is 3.34. The second-order valence-electron chi connectivity index (χ2n) is 6.47. The van der Waals surface area contributed by atoms with Crippen molar-refractivity contribution < 1.29 is 9.53 Å². The van der Waals surface area contributed by atoms with E-state index in [2.05, 4.69) is 0 Å². The molecule has 0 unspecified atom stereocenters. The van der Waals surface area contributed by atoms with Crippen LogP contribution in [-0.4, -0.2) is 30.0 Å². The van der Waals surface area contributed by atoms with Crippen LogP contribution in [0.5, 0.6) is 0 Å². The molecule has 3 nitrogen and oxygen atoms in total. The number of rotatable bonds is 3. The van der Waals surface area contributed by atoms with Crippen LogP contribution in [0.15, 0.2) is 30.3 Å². The van der Waals surface area contributed by atoms with Crippen molar-refractivity contribution in [3.05, 3.63) is 35.9 Å². The van der Waals surface area contributed by atoms with Crippen LogP contribution >= 0.6 is 11.6 Å². The van der Waals surface area contributed by atoms with E-state index >= 15 is 0 Å². The lowest BCUT2D eigenvalue weighted by molar-refractivity contribution is 0.0995. The van der Waals surface area contributed by atoms with Crippen LogP contribution in [0.3, 0.4) is 0 Å². The Bertz CT molecular complexity index is 493. The number of alkyl halides is 1. The van der Waals surface area contributed by atoms with Crippen molar-refractivity contribution in [3.63, 3.8) is 0 Å². The number of ether oxygens (including phenoxy) is 1. The third-order valence-electron chi connectivity index (χ3n) is 4.92. The van der Waals surface area contributed by atoms with Crippen LogP contribution in [0.25, 0.3) is 0 Å². The second kappa shape index (κ2) is 6.27. The molecule has 1 heterocycles. The summed E-state index contributed by atoms with van der Waals surface area (Å²) in [6, 6.07) is 9.82. The van der Waals surface area contributed by atoms with Gasteiger partial charge in [-0.15, -0.1) is 11.6 Å². The standard InChI is InChI=1S/C17H22ClNO2/c18-11-15-6-7-17(10-15)8-9-19(13-17)16(20)21-12-14-4-2-1-3-5-14/h1-5,15H,6-13H2/t15-,17-/m0/s1. The number of benzene rings is 1. The molecule has 3 rings (SSSR count). The van der Waals surface area contributed by atoms with Crippen molar-refractivity contribution in [1.82, 2.24) is 4.90 Å². The minimum Gasteiger partial charge on any atom is -0.445 e. The molecular weight excluding hydrogens is 286 g/mol. The molecule has 1 saturated carbocycles. The highest BCUT2D eigenvalue weighted by atomic mass is 35.5. The number of likely N-dealkylation sites (tertiary alicyclic amines) is 1. The Morgan fingerprint density at radius 1 is 1.33 bits per heavy atom. The van der Waals surface area contributed by atoms with Crippen molar-refractivity contribution in [2.45, 2.75) is 32.3 Å². The third-order valence-corrected chi connectivity index (χ3v) is 5.36. The molecule has 1 spiro atoms. The Hall–Kier alpha value is -1.22. The SMILES string of the molecule is O=C(OCc1ccccc1)N1CC[C@]2(CC[C@H](CCl)C2)C1. The van der Waals surface area contributed by atoms with Crippen LogP contribution in [-0.2, 0) is 11.3 Å². The van der Waals surface area contributed by atoms with Gasteiger partial charge in [0.15, 0.2) is 0 Å². The summed E-state index contributed by atoms with van der Waals surface area (Å²) in [7, 11) is 0. The monoisotopic (exact) mass is 307 g/mol. The van der Waals surface area contributed by atoms with E-state index in [-0.39, 0.29) is 6.09 Å². The number of hydrogen-bond donors (Lipinski definition) is 0. The van der Waals surface area contributed by atoms with E-state index in [1.807, 2.05) is 35.2 Å². The molecule has 1 aliphatic carbocycles. The zero-order valence-electron chi connectivity index (χ0n) is 12.3. The zero-order valence-corrected chi connectivity index (χ0v) is 13.0. The van der Waals surface area contributed by atoms with Gasteiger partial charge in [0.2, 0.25) is 0 Å². The van der Waals surface area contributed by atoms with Gasteiger partial charge in [-0.05, 0) is 42.6 Å². The Balaban J connectivity index is 1.51. The first-order valence-electron chi connectivity index (χ1n) is 7.72. The topological polar surface area (TPSA) is 29.5 Å². The first-order chi connectivity index (χ1) is 10.2. The predicted molar refractivity (Wildman–Crippen MR) is 83.3 cm³/mol. The molecule has 0 aromatic heterocycles. The lowest BCUT2D eigenvalue weighted by atomic mass is 9.85. The zero-order chi connectivity index (χ0) is 14.7. The molecule has 4 heteroatoms. The first-order valence-corrected chi connectivity index (χ1v) is 8.26. The average Bonchev–Trinajstić information content (AvgIpc) is 3.13. The van der Waals surface area contributed by atoms with Crippen molar-refractivity contribution in [2.75, 3.05) is 19.0 Å². The van der Waals surface area contributed by atoms with Crippen LogP contribution in [0.2, 0.25) is 0 Å². The summed E-state index contributed by atoms with van der Waals surface area (Å²) < 4.78 is 5.43. The summed E-state index contributed by atoms with van der Waals surface area (Å²) in [5.74, 6) is 1.38. The highest BCUT2D eigenvalue weighted by Gasteiger charge is 2.45. The lowest BCUT2D eigenvalue weighted by Gasteiger charge is -2.23. The van der Waals surface area contributed by atoms with Crippen molar-refractivity contribution in [1.29, 1.82) is 0 Å². The fourth-order valence-electron chi connectivity index (χ4n) is 3.73. The van der Waals surface area contributed by atoms with Gasteiger partial charge in [0, 0.05) is 19.0 Å². The number of carbonyl (C=O) groups is 1. The Kier molecular flexibility index (Phi) is 4.39. The molecule has 0 bridgehead atoms. The fourth-order valence-corrected chi connectivity index (χ4v) is 3.99. The average molecular weight is 308 g/mol. The van der Waals surface area contributed by atoms with Crippen molar-refractivity contribution in [2.24, 2.45) is 11.3 Å². The smallest absolute Gasteiger partial charge is 0.410 e. The highest BCUT2D eigenvalue weighted by Crippen LogP contribution is 2.48. The van der Waals surface area contributed by atoms with E-state index in [9.17, 15) is 4.79 Å². The molecule has 1 aliphatic heterocycles. The molecule has 2 fully saturated rings.